The number of hydrogen-bond donors (Lipinski definition) is 2. The number of halogens is 3. The Labute approximate surface area is 233 Å². The number of carbonyl (C=O) groups is 2. The van der Waals surface area contributed by atoms with E-state index in [4.69, 9.17) is 32.9 Å². The Morgan fingerprint density at radius 3 is 2.82 bits per heavy atom. The number of nitrogens with one attached hydrogen (secondary N) is 2. The van der Waals surface area contributed by atoms with Gasteiger partial charge < -0.3 is 14.5 Å². The van der Waals surface area contributed by atoms with E-state index in [-0.39, 0.29) is 36.0 Å². The van der Waals surface area contributed by atoms with Crippen LogP contribution in [-0.4, -0.2) is 39.4 Å². The van der Waals surface area contributed by atoms with Crippen LogP contribution in [0.1, 0.15) is 57.7 Å². The number of hydrogen-bond acceptors (Lipinski definition) is 6. The molecule has 11 heteroatoms. The second-order valence-corrected chi connectivity index (χ2v) is 10.7. The first kappa shape index (κ1) is 25.7. The molecule has 3 aliphatic rings. The molecule has 200 valence electrons. The highest BCUT2D eigenvalue weighted by Crippen LogP contribution is 2.60. The normalized spacial score (nSPS) is 24.3. The highest BCUT2D eigenvalue weighted by Gasteiger charge is 2.65. The lowest BCUT2D eigenvalue weighted by Gasteiger charge is -2.32. The number of benzene rings is 1. The first-order valence-electron chi connectivity index (χ1n) is 12.0. The fourth-order valence-electron chi connectivity index (χ4n) is 6.62. The number of carbonyl (C=O) groups excluding carboxylic acids is 2. The summed E-state index contributed by atoms with van der Waals surface area (Å²) in [6.07, 6.45) is 3.86. The van der Waals surface area contributed by atoms with Crippen LogP contribution >= 0.6 is 23.2 Å². The lowest BCUT2D eigenvalue weighted by Crippen LogP contribution is -2.49. The molecule has 0 bridgehead atoms. The quantitative estimate of drug-likeness (QED) is 0.257. The van der Waals surface area contributed by atoms with Crippen molar-refractivity contribution in [3.05, 3.63) is 92.4 Å². The molecule has 1 spiro atoms. The van der Waals surface area contributed by atoms with Crippen molar-refractivity contribution in [3.8, 4) is 0 Å². The van der Waals surface area contributed by atoms with Crippen molar-refractivity contribution in [2.24, 2.45) is 0 Å². The lowest BCUT2D eigenvalue weighted by atomic mass is 9.71. The Hall–Kier alpha value is -3.53. The van der Waals surface area contributed by atoms with E-state index in [1.807, 2.05) is 17.5 Å². The minimum absolute atomic E-state index is 0. The molecule has 0 radical (unpaired) electrons. The van der Waals surface area contributed by atoms with Crippen LogP contribution in [0.4, 0.5) is 10.1 Å². The molecule has 8 nitrogen and oxygen atoms in total. The molecule has 5 heterocycles. The summed E-state index contributed by atoms with van der Waals surface area (Å²) in [5, 5.41) is 6.75. The Morgan fingerprint density at radius 2 is 2.05 bits per heavy atom. The molecule has 3 aromatic heterocycles. The summed E-state index contributed by atoms with van der Waals surface area (Å²) in [5.74, 6) is -2.47. The van der Waals surface area contributed by atoms with Crippen LogP contribution in [0.3, 0.4) is 0 Å². The minimum atomic E-state index is -1.28. The molecule has 1 fully saturated rings. The summed E-state index contributed by atoms with van der Waals surface area (Å²) in [7, 11) is 1.34. The van der Waals surface area contributed by atoms with Gasteiger partial charge in [0, 0.05) is 58.7 Å². The van der Waals surface area contributed by atoms with Gasteiger partial charge in [0.1, 0.15) is 11.2 Å². The largest absolute Gasteiger partial charge is 0.465 e. The van der Waals surface area contributed by atoms with E-state index in [1.165, 1.54) is 13.3 Å². The zero-order valence-electron chi connectivity index (χ0n) is 20.2. The Kier molecular flexibility index (Phi) is 5.77. The van der Waals surface area contributed by atoms with Gasteiger partial charge in [-0.25, -0.2) is 19.2 Å². The van der Waals surface area contributed by atoms with Crippen molar-refractivity contribution < 1.29 is 18.7 Å². The third-order valence-corrected chi connectivity index (χ3v) is 8.62. The van der Waals surface area contributed by atoms with Gasteiger partial charge in [0.2, 0.25) is 5.91 Å². The third kappa shape index (κ3) is 3.33. The maximum absolute atomic E-state index is 15.7. The summed E-state index contributed by atoms with van der Waals surface area (Å²) in [6, 6.07) is 8.28. The second kappa shape index (κ2) is 8.74. The second-order valence-electron chi connectivity index (χ2n) is 9.95. The van der Waals surface area contributed by atoms with E-state index >= 15 is 4.39 Å². The maximum atomic E-state index is 15.7. The number of anilines is 1. The number of rotatable bonds is 2. The number of imidazole rings is 1. The summed E-state index contributed by atoms with van der Waals surface area (Å²) in [4.78, 5) is 34.9. The Bertz CT molecular complexity index is 1720. The van der Waals surface area contributed by atoms with Crippen molar-refractivity contribution in [1.82, 2.24) is 19.7 Å². The van der Waals surface area contributed by atoms with E-state index in [9.17, 15) is 9.59 Å². The Morgan fingerprint density at radius 1 is 1.26 bits per heavy atom. The minimum Gasteiger partial charge on any atom is -0.465 e. The van der Waals surface area contributed by atoms with Gasteiger partial charge >= 0.3 is 5.97 Å². The fraction of sp³-hybridized carbons (Fsp3) is 0.286. The molecule has 2 aliphatic heterocycles. The van der Waals surface area contributed by atoms with Gasteiger partial charge in [-0.05, 0) is 42.3 Å². The zero-order chi connectivity index (χ0) is 26.5. The van der Waals surface area contributed by atoms with Gasteiger partial charge in [-0.1, -0.05) is 36.7 Å². The summed E-state index contributed by atoms with van der Waals surface area (Å²) < 4.78 is 22.6. The number of methoxy groups -OCH3 is 1. The first-order valence-corrected chi connectivity index (χ1v) is 12.8. The number of ether oxygens (including phenoxy) is 1. The first-order chi connectivity index (χ1) is 18.2. The number of esters is 1. The molecule has 39 heavy (non-hydrogen) atoms. The van der Waals surface area contributed by atoms with Crippen LogP contribution in [0.25, 0.3) is 5.65 Å². The molecule has 7 rings (SSSR count). The van der Waals surface area contributed by atoms with Crippen LogP contribution in [0, 0.1) is 12.7 Å². The Balaban J connectivity index is 0.00000277. The number of nitrogens with zero attached hydrogens (tertiary/aromatic N) is 3. The molecular formula is C28H24Cl2FN5O3. The van der Waals surface area contributed by atoms with Gasteiger partial charge in [-0.3, -0.25) is 10.1 Å². The van der Waals surface area contributed by atoms with Gasteiger partial charge in [0.25, 0.3) is 0 Å². The SMILES string of the molecule is C.COC(=O)c1cc2nc3c(n2cc1C)C[C@@H]1N[C@@]2(C(=O)Nc4cc(Cl)ccc42)[C@@H](c2ccnc(Cl)c2F)[C@H]31. The van der Waals surface area contributed by atoms with Crippen LogP contribution < -0.4 is 10.6 Å². The van der Waals surface area contributed by atoms with Crippen molar-refractivity contribution in [2.75, 3.05) is 12.4 Å². The highest BCUT2D eigenvalue weighted by atomic mass is 35.5. The van der Waals surface area contributed by atoms with Crippen molar-refractivity contribution in [1.29, 1.82) is 0 Å². The van der Waals surface area contributed by atoms with Gasteiger partial charge in [-0.15, -0.1) is 0 Å². The van der Waals surface area contributed by atoms with E-state index < -0.39 is 23.2 Å². The smallest absolute Gasteiger partial charge is 0.338 e. The van der Waals surface area contributed by atoms with Gasteiger partial charge in [0.15, 0.2) is 11.0 Å². The predicted molar refractivity (Wildman–Crippen MR) is 145 cm³/mol. The van der Waals surface area contributed by atoms with E-state index in [0.717, 1.165) is 17.0 Å². The monoisotopic (exact) mass is 567 g/mol. The summed E-state index contributed by atoms with van der Waals surface area (Å²) >= 11 is 12.4. The molecule has 0 unspecified atom stereocenters. The van der Waals surface area contributed by atoms with Gasteiger partial charge in [-0.2, -0.15) is 0 Å². The van der Waals surface area contributed by atoms with Crippen LogP contribution in [0.5, 0.6) is 0 Å². The topological polar surface area (TPSA) is 97.6 Å². The highest BCUT2D eigenvalue weighted by molar-refractivity contribution is 6.31. The van der Waals surface area contributed by atoms with E-state index in [0.29, 0.717) is 33.9 Å². The fourth-order valence-corrected chi connectivity index (χ4v) is 6.96. The number of aryl methyl sites for hydroxylation is 1. The number of fused-ring (bicyclic) bond motifs is 7. The zero-order valence-corrected chi connectivity index (χ0v) is 21.7. The average molecular weight is 568 g/mol. The third-order valence-electron chi connectivity index (χ3n) is 8.12. The molecule has 4 atom stereocenters. The number of pyridine rings is 2. The van der Waals surface area contributed by atoms with E-state index in [1.54, 1.807) is 30.3 Å². The predicted octanol–water partition coefficient (Wildman–Crippen LogP) is 5.15. The van der Waals surface area contributed by atoms with Crippen LogP contribution in [0.15, 0.2) is 42.7 Å². The molecule has 2 N–H and O–H groups in total. The number of amides is 1. The molecular weight excluding hydrogens is 544 g/mol. The lowest BCUT2D eigenvalue weighted by molar-refractivity contribution is -0.122. The molecule has 4 aromatic rings. The molecule has 1 aromatic carbocycles. The number of aromatic nitrogens is 3. The summed E-state index contributed by atoms with van der Waals surface area (Å²) in [5.41, 5.74) is 3.70. The van der Waals surface area contributed by atoms with E-state index in [2.05, 4.69) is 15.6 Å². The standard InChI is InChI=1S/C27H20Cl2FN5O3.CH4/c1-11-10-35-18-9-17-20(23(18)33-19(35)8-14(11)25(36)38-2)21(13-5-6-31-24(29)22(13)30)27(34-17)15-4-3-12(28)7-16(15)32-26(27)37;/h3-8,10,17,20-21,34H,9H2,1-2H3,(H,32,37);1H4/t17-,20+,21-,27+;/m0./s1. The summed E-state index contributed by atoms with van der Waals surface area (Å²) in [6.45, 7) is 1.84. The van der Waals surface area contributed by atoms with Crippen molar-refractivity contribution in [2.45, 2.75) is 44.2 Å². The molecule has 1 saturated heterocycles. The maximum Gasteiger partial charge on any atom is 0.338 e. The van der Waals surface area contributed by atoms with Gasteiger partial charge in [0.05, 0.1) is 18.4 Å². The average Bonchev–Trinajstić information content (AvgIpc) is 3.58. The van der Waals surface area contributed by atoms with Crippen molar-refractivity contribution in [3.63, 3.8) is 0 Å². The molecule has 1 aliphatic carbocycles. The molecule has 0 saturated carbocycles. The molecule has 1 amide bonds. The van der Waals surface area contributed by atoms with Crippen LogP contribution in [-0.2, 0) is 21.5 Å². The van der Waals surface area contributed by atoms with Crippen molar-refractivity contribution >= 4 is 46.4 Å². The van der Waals surface area contributed by atoms with Crippen LogP contribution in [0.2, 0.25) is 10.2 Å².